The van der Waals surface area contributed by atoms with Crippen molar-refractivity contribution in [3.8, 4) is 11.6 Å². The lowest BCUT2D eigenvalue weighted by molar-refractivity contribution is 0.0732. The van der Waals surface area contributed by atoms with Crippen LogP contribution in [-0.4, -0.2) is 38.3 Å². The van der Waals surface area contributed by atoms with Crippen LogP contribution >= 0.6 is 24.0 Å². The molecule has 0 atom stereocenters. The van der Waals surface area contributed by atoms with Gasteiger partial charge in [0.15, 0.2) is 5.96 Å². The van der Waals surface area contributed by atoms with Crippen molar-refractivity contribution in [3.05, 3.63) is 54.0 Å². The highest BCUT2D eigenvalue weighted by Gasteiger charge is 2.36. The third kappa shape index (κ3) is 6.80. The maximum absolute atomic E-state index is 13.4. The van der Waals surface area contributed by atoms with Crippen molar-refractivity contribution in [2.75, 3.05) is 27.3 Å². The maximum atomic E-state index is 13.4. The Kier molecular flexibility index (Phi) is 9.77. The molecule has 0 bridgehead atoms. The van der Waals surface area contributed by atoms with E-state index in [-0.39, 0.29) is 29.8 Å². The first-order valence-corrected chi connectivity index (χ1v) is 9.95. The molecule has 6 nitrogen and oxygen atoms in total. The predicted octanol–water partition coefficient (Wildman–Crippen LogP) is 4.50. The van der Waals surface area contributed by atoms with Crippen LogP contribution in [0.5, 0.6) is 11.6 Å². The molecule has 1 saturated carbocycles. The standard InChI is InChI=1S/C22H29FN4O2.HI/c1-24-21(27-16-22(9-5-10-22)11-13-28-2)26-15-17-6-4-12-25-20(17)29-19-8-3-7-18(23)14-19;/h3-4,6-8,12,14H,5,9-11,13,15-16H2,1-2H3,(H2,24,26,27);1H. The smallest absolute Gasteiger partial charge is 0.224 e. The van der Waals surface area contributed by atoms with E-state index in [4.69, 9.17) is 9.47 Å². The fourth-order valence-electron chi connectivity index (χ4n) is 3.47. The van der Waals surface area contributed by atoms with Crippen molar-refractivity contribution >= 4 is 29.9 Å². The van der Waals surface area contributed by atoms with E-state index in [2.05, 4.69) is 20.6 Å². The summed E-state index contributed by atoms with van der Waals surface area (Å²) in [5, 5.41) is 6.75. The van der Waals surface area contributed by atoms with Gasteiger partial charge in [0.25, 0.3) is 0 Å². The average Bonchev–Trinajstić information content (AvgIpc) is 2.70. The van der Waals surface area contributed by atoms with Crippen molar-refractivity contribution < 1.29 is 13.9 Å². The van der Waals surface area contributed by atoms with Crippen LogP contribution in [0.25, 0.3) is 0 Å². The van der Waals surface area contributed by atoms with Crippen molar-refractivity contribution in [1.82, 2.24) is 15.6 Å². The van der Waals surface area contributed by atoms with Gasteiger partial charge >= 0.3 is 0 Å². The molecule has 0 radical (unpaired) electrons. The Morgan fingerprint density at radius 2 is 2.07 bits per heavy atom. The number of ether oxygens (including phenoxy) is 2. The first-order valence-electron chi connectivity index (χ1n) is 9.95. The third-order valence-corrected chi connectivity index (χ3v) is 5.41. The van der Waals surface area contributed by atoms with Gasteiger partial charge in [-0.2, -0.15) is 0 Å². The molecule has 1 heterocycles. The van der Waals surface area contributed by atoms with Crippen LogP contribution in [0, 0.1) is 11.2 Å². The monoisotopic (exact) mass is 528 g/mol. The third-order valence-electron chi connectivity index (χ3n) is 5.41. The zero-order chi connectivity index (χ0) is 20.5. The summed E-state index contributed by atoms with van der Waals surface area (Å²) in [4.78, 5) is 8.61. The molecule has 2 aromatic rings. The summed E-state index contributed by atoms with van der Waals surface area (Å²) >= 11 is 0. The van der Waals surface area contributed by atoms with Gasteiger partial charge in [-0.25, -0.2) is 9.37 Å². The number of aliphatic imine (C=N–C) groups is 1. The quantitative estimate of drug-likeness (QED) is 0.285. The lowest BCUT2D eigenvalue weighted by Crippen LogP contribution is -2.46. The van der Waals surface area contributed by atoms with Gasteiger partial charge in [-0.1, -0.05) is 18.6 Å². The van der Waals surface area contributed by atoms with Crippen molar-refractivity contribution in [1.29, 1.82) is 0 Å². The Hall–Kier alpha value is -1.94. The molecule has 1 aliphatic rings. The van der Waals surface area contributed by atoms with E-state index in [1.54, 1.807) is 32.5 Å². The topological polar surface area (TPSA) is 67.8 Å². The lowest BCUT2D eigenvalue weighted by Gasteiger charge is -2.42. The molecule has 1 fully saturated rings. The number of methoxy groups -OCH3 is 1. The second-order valence-corrected chi connectivity index (χ2v) is 7.40. The number of benzene rings is 1. The number of hydrogen-bond donors (Lipinski definition) is 2. The maximum Gasteiger partial charge on any atom is 0.224 e. The summed E-state index contributed by atoms with van der Waals surface area (Å²) in [5.41, 5.74) is 1.16. The fraction of sp³-hybridized carbons (Fsp3) is 0.455. The number of pyridine rings is 1. The molecule has 0 saturated heterocycles. The largest absolute Gasteiger partial charge is 0.439 e. The highest BCUT2D eigenvalue weighted by Crippen LogP contribution is 2.43. The second-order valence-electron chi connectivity index (χ2n) is 7.40. The molecular weight excluding hydrogens is 498 g/mol. The van der Waals surface area contributed by atoms with Crippen LogP contribution in [0.2, 0.25) is 0 Å². The summed E-state index contributed by atoms with van der Waals surface area (Å²) in [6.07, 6.45) is 6.42. The number of halogens is 2. The zero-order valence-corrected chi connectivity index (χ0v) is 19.8. The molecule has 0 aliphatic heterocycles. The van der Waals surface area contributed by atoms with E-state index in [0.717, 1.165) is 31.1 Å². The highest BCUT2D eigenvalue weighted by molar-refractivity contribution is 14.0. The van der Waals surface area contributed by atoms with Crippen LogP contribution in [0.4, 0.5) is 4.39 Å². The normalized spacial score (nSPS) is 15.0. The van der Waals surface area contributed by atoms with E-state index < -0.39 is 0 Å². The molecule has 8 heteroatoms. The minimum Gasteiger partial charge on any atom is -0.439 e. The van der Waals surface area contributed by atoms with Gasteiger partial charge in [-0.15, -0.1) is 24.0 Å². The van der Waals surface area contributed by atoms with Crippen LogP contribution in [0.3, 0.4) is 0 Å². The van der Waals surface area contributed by atoms with E-state index in [1.165, 1.54) is 31.4 Å². The van der Waals surface area contributed by atoms with Crippen LogP contribution in [0.15, 0.2) is 47.6 Å². The SMILES string of the molecule is CN=C(NCc1cccnc1Oc1cccc(F)c1)NCC1(CCOC)CCC1.I. The van der Waals surface area contributed by atoms with Crippen molar-refractivity contribution in [3.63, 3.8) is 0 Å². The second kappa shape index (κ2) is 12.0. The van der Waals surface area contributed by atoms with E-state index >= 15 is 0 Å². The molecule has 1 aromatic heterocycles. The lowest BCUT2D eigenvalue weighted by atomic mass is 9.67. The summed E-state index contributed by atoms with van der Waals surface area (Å²) < 4.78 is 24.5. The van der Waals surface area contributed by atoms with Gasteiger partial charge in [0.1, 0.15) is 11.6 Å². The Bertz CT molecular complexity index is 830. The van der Waals surface area contributed by atoms with Gasteiger partial charge in [0.05, 0.1) is 0 Å². The van der Waals surface area contributed by atoms with Crippen LogP contribution in [-0.2, 0) is 11.3 Å². The van der Waals surface area contributed by atoms with Crippen molar-refractivity contribution in [2.24, 2.45) is 10.4 Å². The summed E-state index contributed by atoms with van der Waals surface area (Å²) in [6, 6.07) is 9.80. The number of rotatable bonds is 9. The molecule has 3 rings (SSSR count). The number of aromatic nitrogens is 1. The molecule has 164 valence electrons. The highest BCUT2D eigenvalue weighted by atomic mass is 127. The molecule has 0 spiro atoms. The van der Waals surface area contributed by atoms with Gasteiger partial charge in [0.2, 0.25) is 5.88 Å². The van der Waals surface area contributed by atoms with E-state index in [0.29, 0.717) is 23.6 Å². The Balaban J connectivity index is 0.00000320. The minimum atomic E-state index is -0.346. The molecule has 1 aromatic carbocycles. The number of nitrogens with zero attached hydrogens (tertiary/aromatic N) is 2. The fourth-order valence-corrected chi connectivity index (χ4v) is 3.47. The summed E-state index contributed by atoms with van der Waals surface area (Å²) in [6.45, 7) is 2.14. The van der Waals surface area contributed by atoms with Crippen LogP contribution in [0.1, 0.15) is 31.2 Å². The van der Waals surface area contributed by atoms with Crippen molar-refractivity contribution in [2.45, 2.75) is 32.2 Å². The molecule has 30 heavy (non-hydrogen) atoms. The Labute approximate surface area is 194 Å². The van der Waals surface area contributed by atoms with Crippen LogP contribution < -0.4 is 15.4 Å². The zero-order valence-electron chi connectivity index (χ0n) is 17.5. The number of hydrogen-bond acceptors (Lipinski definition) is 4. The molecule has 2 N–H and O–H groups in total. The summed E-state index contributed by atoms with van der Waals surface area (Å²) in [5.74, 6) is 1.24. The molecular formula is C22H30FIN4O2. The Morgan fingerprint density at radius 1 is 1.23 bits per heavy atom. The predicted molar refractivity (Wildman–Crippen MR) is 127 cm³/mol. The van der Waals surface area contributed by atoms with E-state index in [1.807, 2.05) is 12.1 Å². The Morgan fingerprint density at radius 3 is 2.73 bits per heavy atom. The average molecular weight is 528 g/mol. The summed E-state index contributed by atoms with van der Waals surface area (Å²) in [7, 11) is 3.50. The van der Waals surface area contributed by atoms with Gasteiger partial charge in [-0.3, -0.25) is 4.99 Å². The minimum absolute atomic E-state index is 0. The van der Waals surface area contributed by atoms with Gasteiger partial charge in [0, 0.05) is 51.7 Å². The molecule has 1 aliphatic carbocycles. The number of nitrogens with one attached hydrogen (secondary N) is 2. The number of guanidine groups is 1. The molecule has 0 amide bonds. The first kappa shape index (κ1) is 24.3. The molecule has 0 unspecified atom stereocenters. The van der Waals surface area contributed by atoms with Gasteiger partial charge in [-0.05, 0) is 42.9 Å². The van der Waals surface area contributed by atoms with E-state index in [9.17, 15) is 4.39 Å². The van der Waals surface area contributed by atoms with Gasteiger partial charge < -0.3 is 20.1 Å². The first-order chi connectivity index (χ1) is 14.1.